The van der Waals surface area contributed by atoms with Gasteiger partial charge in [0.05, 0.1) is 23.4 Å². The molecule has 0 spiro atoms. The van der Waals surface area contributed by atoms with Crippen molar-refractivity contribution in [3.8, 4) is 0 Å². The van der Waals surface area contributed by atoms with E-state index in [1.165, 1.54) is 0 Å². The minimum absolute atomic E-state index is 0.0877. The Hall–Kier alpha value is -1.94. The number of para-hydroxylation sites is 1. The predicted octanol–water partition coefficient (Wildman–Crippen LogP) is 3.62. The number of carbonyl (C=O) groups is 1. The molecule has 1 aromatic heterocycles. The summed E-state index contributed by atoms with van der Waals surface area (Å²) in [6.07, 6.45) is 3.90. The van der Waals surface area contributed by atoms with E-state index in [-0.39, 0.29) is 30.0 Å². The number of aryl methyl sites for hydroxylation is 2. The van der Waals surface area contributed by atoms with Gasteiger partial charge in [-0.2, -0.15) is 0 Å². The number of hydrogen-bond acceptors (Lipinski definition) is 3. The third-order valence-electron chi connectivity index (χ3n) is 6.57. The van der Waals surface area contributed by atoms with Gasteiger partial charge in [-0.25, -0.2) is 0 Å². The summed E-state index contributed by atoms with van der Waals surface area (Å²) in [4.78, 5) is 20.2. The fraction of sp³-hybridized carbons (Fsp3) is 0.524. The molecule has 0 saturated carbocycles. The molecule has 25 heavy (non-hydrogen) atoms. The number of rotatable bonds is 3. The summed E-state index contributed by atoms with van der Waals surface area (Å²) in [5, 5.41) is 11.0. The van der Waals surface area contributed by atoms with Crippen LogP contribution in [0.2, 0.25) is 0 Å². The Morgan fingerprint density at radius 3 is 2.84 bits per heavy atom. The van der Waals surface area contributed by atoms with Crippen molar-refractivity contribution in [3.63, 3.8) is 0 Å². The Kier molecular flexibility index (Phi) is 3.84. The van der Waals surface area contributed by atoms with Gasteiger partial charge in [-0.05, 0) is 51.2 Å². The molecule has 0 aliphatic carbocycles. The highest BCUT2D eigenvalue weighted by molar-refractivity contribution is 5.99. The van der Waals surface area contributed by atoms with E-state index in [0.717, 1.165) is 47.8 Å². The van der Waals surface area contributed by atoms with Crippen LogP contribution in [0.3, 0.4) is 0 Å². The first kappa shape index (κ1) is 16.5. The quantitative estimate of drug-likeness (QED) is 0.930. The van der Waals surface area contributed by atoms with Crippen molar-refractivity contribution >= 4 is 16.8 Å². The second-order valence-electron chi connectivity index (χ2n) is 7.81. The number of pyridine rings is 1. The van der Waals surface area contributed by atoms with Gasteiger partial charge in [-0.15, -0.1) is 0 Å². The van der Waals surface area contributed by atoms with Crippen LogP contribution in [0.1, 0.15) is 54.2 Å². The molecule has 2 aromatic rings. The van der Waals surface area contributed by atoms with Crippen molar-refractivity contribution in [1.82, 2.24) is 9.88 Å². The Morgan fingerprint density at radius 1 is 1.36 bits per heavy atom. The van der Waals surface area contributed by atoms with Crippen LogP contribution in [-0.2, 0) is 0 Å². The van der Waals surface area contributed by atoms with Crippen LogP contribution in [0.4, 0.5) is 0 Å². The first-order valence-corrected chi connectivity index (χ1v) is 9.31. The fourth-order valence-corrected chi connectivity index (χ4v) is 5.05. The summed E-state index contributed by atoms with van der Waals surface area (Å²) in [5.41, 5.74) is 3.49. The lowest BCUT2D eigenvalue weighted by atomic mass is 9.72. The lowest BCUT2D eigenvalue weighted by Gasteiger charge is -2.34. The summed E-state index contributed by atoms with van der Waals surface area (Å²) in [6, 6.07) is 8.50. The van der Waals surface area contributed by atoms with Crippen LogP contribution >= 0.6 is 0 Å². The second kappa shape index (κ2) is 5.80. The first-order valence-electron chi connectivity index (χ1n) is 9.31. The molecule has 2 aliphatic heterocycles. The first-order chi connectivity index (χ1) is 12.0. The molecule has 3 heterocycles. The maximum absolute atomic E-state index is 13.4. The summed E-state index contributed by atoms with van der Waals surface area (Å²) in [7, 11) is 0. The fourth-order valence-electron chi connectivity index (χ4n) is 5.05. The third kappa shape index (κ3) is 2.30. The van der Waals surface area contributed by atoms with Crippen molar-refractivity contribution in [1.29, 1.82) is 0 Å². The zero-order valence-electron chi connectivity index (χ0n) is 15.2. The van der Waals surface area contributed by atoms with Crippen molar-refractivity contribution < 1.29 is 9.90 Å². The molecule has 2 saturated heterocycles. The van der Waals surface area contributed by atoms with Gasteiger partial charge in [0.25, 0.3) is 5.91 Å². The number of aromatic nitrogens is 1. The highest BCUT2D eigenvalue weighted by atomic mass is 16.3. The monoisotopic (exact) mass is 338 g/mol. The lowest BCUT2D eigenvalue weighted by molar-refractivity contribution is 0.0556. The molecule has 0 unspecified atom stereocenters. The average molecular weight is 338 g/mol. The standard InChI is InChI=1S/C21H26N2O2/c1-4-21(12-24)11-16-8-9-18(21)23(16)20(25)17-10-15-7-5-6-13(2)19(15)22-14(17)3/h5-7,10,16,18,24H,4,8-9,11-12H2,1-3H3/t16-,18+,21-/m0/s1. The molecule has 2 fully saturated rings. The molecule has 4 heteroatoms. The van der Waals surface area contributed by atoms with Crippen LogP contribution in [0, 0.1) is 19.3 Å². The Labute approximate surface area is 148 Å². The molecular weight excluding hydrogens is 312 g/mol. The van der Waals surface area contributed by atoms with Crippen molar-refractivity contribution in [2.45, 2.75) is 58.5 Å². The highest BCUT2D eigenvalue weighted by Crippen LogP contribution is 2.51. The maximum Gasteiger partial charge on any atom is 0.256 e. The predicted molar refractivity (Wildman–Crippen MR) is 98.6 cm³/mol. The van der Waals surface area contributed by atoms with Crippen LogP contribution in [-0.4, -0.2) is 39.6 Å². The Balaban J connectivity index is 1.75. The molecule has 1 N–H and O–H groups in total. The second-order valence-corrected chi connectivity index (χ2v) is 7.81. The molecule has 4 nitrogen and oxygen atoms in total. The minimum Gasteiger partial charge on any atom is -0.396 e. The van der Waals surface area contributed by atoms with Gasteiger partial charge in [0.1, 0.15) is 0 Å². The Bertz CT molecular complexity index is 841. The molecule has 4 rings (SSSR count). The SMILES string of the molecule is CC[C@@]1(CO)C[C@@H]2CC[C@H]1N2C(=O)c1cc2cccc(C)c2nc1C. The average Bonchev–Trinajstić information content (AvgIpc) is 3.17. The molecular formula is C21H26N2O2. The summed E-state index contributed by atoms with van der Waals surface area (Å²) in [5.74, 6) is 0.0877. The maximum atomic E-state index is 13.4. The molecule has 0 radical (unpaired) electrons. The lowest BCUT2D eigenvalue weighted by Crippen LogP contribution is -2.42. The van der Waals surface area contributed by atoms with Gasteiger partial charge in [-0.3, -0.25) is 9.78 Å². The summed E-state index contributed by atoms with van der Waals surface area (Å²) in [6.45, 7) is 6.28. The molecule has 2 bridgehead atoms. The highest BCUT2D eigenvalue weighted by Gasteiger charge is 2.56. The van der Waals surface area contributed by atoms with Crippen LogP contribution in [0.15, 0.2) is 24.3 Å². The van der Waals surface area contributed by atoms with Crippen molar-refractivity contribution in [2.24, 2.45) is 5.41 Å². The van der Waals surface area contributed by atoms with E-state index < -0.39 is 0 Å². The number of aliphatic hydroxyl groups excluding tert-OH is 1. The largest absolute Gasteiger partial charge is 0.396 e. The van der Waals surface area contributed by atoms with Gasteiger partial charge < -0.3 is 10.0 Å². The van der Waals surface area contributed by atoms with E-state index in [4.69, 9.17) is 4.98 Å². The molecule has 2 aliphatic rings. The smallest absolute Gasteiger partial charge is 0.256 e. The van der Waals surface area contributed by atoms with Crippen LogP contribution in [0.5, 0.6) is 0 Å². The Morgan fingerprint density at radius 2 is 2.16 bits per heavy atom. The van der Waals surface area contributed by atoms with E-state index in [0.29, 0.717) is 5.56 Å². The van der Waals surface area contributed by atoms with Gasteiger partial charge in [0, 0.05) is 22.9 Å². The third-order valence-corrected chi connectivity index (χ3v) is 6.57. The molecule has 3 atom stereocenters. The number of fused-ring (bicyclic) bond motifs is 3. The minimum atomic E-state index is -0.118. The van der Waals surface area contributed by atoms with E-state index in [2.05, 4.69) is 11.8 Å². The zero-order valence-corrected chi connectivity index (χ0v) is 15.2. The van der Waals surface area contributed by atoms with E-state index in [1.54, 1.807) is 0 Å². The van der Waals surface area contributed by atoms with E-state index in [9.17, 15) is 9.90 Å². The van der Waals surface area contributed by atoms with Gasteiger partial charge >= 0.3 is 0 Å². The number of benzene rings is 1. The number of carbonyl (C=O) groups excluding carboxylic acids is 1. The van der Waals surface area contributed by atoms with Gasteiger partial charge in [0.2, 0.25) is 0 Å². The molecule has 1 aromatic carbocycles. The van der Waals surface area contributed by atoms with Gasteiger partial charge in [-0.1, -0.05) is 25.1 Å². The van der Waals surface area contributed by atoms with Gasteiger partial charge in [0.15, 0.2) is 0 Å². The zero-order chi connectivity index (χ0) is 17.8. The van der Waals surface area contributed by atoms with Crippen LogP contribution in [0.25, 0.3) is 10.9 Å². The van der Waals surface area contributed by atoms with E-state index >= 15 is 0 Å². The van der Waals surface area contributed by atoms with E-state index in [1.807, 2.05) is 38.1 Å². The number of hydrogen-bond donors (Lipinski definition) is 1. The molecule has 132 valence electrons. The van der Waals surface area contributed by atoms with Crippen molar-refractivity contribution in [2.75, 3.05) is 6.61 Å². The summed E-state index contributed by atoms with van der Waals surface area (Å²) >= 11 is 0. The normalized spacial score (nSPS) is 28.1. The number of amides is 1. The topological polar surface area (TPSA) is 53.4 Å². The number of nitrogens with zero attached hydrogens (tertiary/aromatic N) is 2. The number of aliphatic hydroxyl groups is 1. The van der Waals surface area contributed by atoms with Crippen molar-refractivity contribution in [3.05, 3.63) is 41.1 Å². The summed E-state index contributed by atoms with van der Waals surface area (Å²) < 4.78 is 0. The van der Waals surface area contributed by atoms with Crippen LogP contribution < -0.4 is 0 Å². The molecule has 1 amide bonds.